The van der Waals surface area contributed by atoms with Gasteiger partial charge < -0.3 is 14.4 Å². The smallest absolute Gasteiger partial charge is 0.122 e. The van der Waals surface area contributed by atoms with Gasteiger partial charge in [-0.2, -0.15) is 0 Å². The Balaban J connectivity index is 2.15. The first-order valence-electron chi connectivity index (χ1n) is 8.50. The highest BCUT2D eigenvalue weighted by atomic mass is 16.5. The predicted octanol–water partition coefficient (Wildman–Crippen LogP) is 2.63. The number of aryl methyl sites for hydroxylation is 1. The Bertz CT molecular complexity index is 529. The van der Waals surface area contributed by atoms with E-state index in [1.165, 1.54) is 22.3 Å². The third-order valence-corrected chi connectivity index (χ3v) is 4.86. The van der Waals surface area contributed by atoms with Gasteiger partial charge in [0.05, 0.1) is 20.3 Å². The maximum atomic E-state index is 5.81. The van der Waals surface area contributed by atoms with Gasteiger partial charge in [-0.3, -0.25) is 4.90 Å². The summed E-state index contributed by atoms with van der Waals surface area (Å²) in [5.74, 6) is 1.57. The Labute approximate surface area is 141 Å². The van der Waals surface area contributed by atoms with Crippen molar-refractivity contribution in [3.05, 3.63) is 28.3 Å². The molecule has 0 unspecified atom stereocenters. The Kier molecular flexibility index (Phi) is 6.45. The lowest BCUT2D eigenvalue weighted by Crippen LogP contribution is -2.34. The highest BCUT2D eigenvalue weighted by Gasteiger charge is 2.21. The highest BCUT2D eigenvalue weighted by Crippen LogP contribution is 2.28. The minimum atomic E-state index is 0.576. The van der Waals surface area contributed by atoms with Gasteiger partial charge in [0.1, 0.15) is 5.75 Å². The predicted molar refractivity (Wildman–Crippen MR) is 95.3 cm³/mol. The van der Waals surface area contributed by atoms with Crippen LogP contribution in [0.3, 0.4) is 0 Å². The van der Waals surface area contributed by atoms with Crippen molar-refractivity contribution in [2.45, 2.75) is 27.3 Å². The quantitative estimate of drug-likeness (QED) is 0.833. The second kappa shape index (κ2) is 8.13. The number of methoxy groups -OCH3 is 1. The summed E-state index contributed by atoms with van der Waals surface area (Å²) < 4.78 is 11.3. The summed E-state index contributed by atoms with van der Waals surface area (Å²) in [6.07, 6.45) is 0. The number of nitrogens with zero attached hydrogens (tertiary/aromatic N) is 2. The third kappa shape index (κ3) is 4.69. The van der Waals surface area contributed by atoms with Crippen molar-refractivity contribution in [3.8, 4) is 5.75 Å². The molecule has 0 aliphatic carbocycles. The Morgan fingerprint density at radius 3 is 2.65 bits per heavy atom. The molecule has 4 nitrogen and oxygen atoms in total. The van der Waals surface area contributed by atoms with Crippen LogP contribution in [-0.2, 0) is 11.3 Å². The first-order valence-corrected chi connectivity index (χ1v) is 8.50. The molecular weight excluding hydrogens is 288 g/mol. The van der Waals surface area contributed by atoms with Crippen molar-refractivity contribution >= 4 is 0 Å². The van der Waals surface area contributed by atoms with Crippen LogP contribution in [-0.4, -0.2) is 63.9 Å². The molecule has 1 atom stereocenters. The number of ether oxygens (including phenoxy) is 2. The third-order valence-electron chi connectivity index (χ3n) is 4.86. The first-order chi connectivity index (χ1) is 10.9. The monoisotopic (exact) mass is 320 g/mol. The van der Waals surface area contributed by atoms with Crippen molar-refractivity contribution < 1.29 is 9.47 Å². The van der Waals surface area contributed by atoms with E-state index in [0.29, 0.717) is 5.92 Å². The molecule has 2 rings (SSSR count). The summed E-state index contributed by atoms with van der Waals surface area (Å²) in [6.45, 7) is 12.4. The molecule has 1 fully saturated rings. The fraction of sp³-hybridized carbons (Fsp3) is 0.684. The zero-order valence-electron chi connectivity index (χ0n) is 15.6. The van der Waals surface area contributed by atoms with Crippen LogP contribution in [0.15, 0.2) is 6.07 Å². The standard InChI is InChI=1S/C19H32N2O2/c1-14-9-19(22-6)16(3)15(2)18(14)12-21-7-8-23-13-17(11-21)10-20(4)5/h9,17H,7-8,10-13H2,1-6H3/t17-/m0/s1. The van der Waals surface area contributed by atoms with Gasteiger partial charge in [-0.15, -0.1) is 0 Å². The largest absolute Gasteiger partial charge is 0.496 e. The molecule has 0 aromatic heterocycles. The summed E-state index contributed by atoms with van der Waals surface area (Å²) in [6, 6.07) is 2.17. The molecule has 23 heavy (non-hydrogen) atoms. The van der Waals surface area contributed by atoms with Crippen molar-refractivity contribution in [2.24, 2.45) is 5.92 Å². The fourth-order valence-electron chi connectivity index (χ4n) is 3.50. The number of hydrogen-bond acceptors (Lipinski definition) is 4. The number of benzene rings is 1. The molecule has 0 bridgehead atoms. The van der Waals surface area contributed by atoms with E-state index in [0.717, 1.165) is 45.1 Å². The Morgan fingerprint density at radius 2 is 2.00 bits per heavy atom. The van der Waals surface area contributed by atoms with Crippen LogP contribution in [0.4, 0.5) is 0 Å². The minimum Gasteiger partial charge on any atom is -0.496 e. The van der Waals surface area contributed by atoms with Crippen LogP contribution in [0.25, 0.3) is 0 Å². The van der Waals surface area contributed by atoms with Crippen LogP contribution in [0.1, 0.15) is 22.3 Å². The molecule has 1 aliphatic rings. The second-order valence-electron chi connectivity index (χ2n) is 7.06. The van der Waals surface area contributed by atoms with E-state index < -0.39 is 0 Å². The van der Waals surface area contributed by atoms with Crippen LogP contribution in [0.5, 0.6) is 5.75 Å². The molecule has 1 heterocycles. The molecule has 1 saturated heterocycles. The zero-order valence-corrected chi connectivity index (χ0v) is 15.6. The van der Waals surface area contributed by atoms with Gasteiger partial charge in [0.25, 0.3) is 0 Å². The molecule has 0 saturated carbocycles. The summed E-state index contributed by atoms with van der Waals surface area (Å²) in [5.41, 5.74) is 5.37. The Morgan fingerprint density at radius 1 is 1.26 bits per heavy atom. The van der Waals surface area contributed by atoms with Gasteiger partial charge in [-0.25, -0.2) is 0 Å². The molecule has 130 valence electrons. The molecule has 0 amide bonds. The molecule has 0 spiro atoms. The second-order valence-corrected chi connectivity index (χ2v) is 7.06. The van der Waals surface area contributed by atoms with E-state index in [1.807, 2.05) is 0 Å². The van der Waals surface area contributed by atoms with Gasteiger partial charge in [-0.05, 0) is 63.2 Å². The topological polar surface area (TPSA) is 24.9 Å². The van der Waals surface area contributed by atoms with E-state index in [1.54, 1.807) is 7.11 Å². The molecule has 1 aromatic rings. The minimum absolute atomic E-state index is 0.576. The van der Waals surface area contributed by atoms with Crippen molar-refractivity contribution in [1.29, 1.82) is 0 Å². The van der Waals surface area contributed by atoms with E-state index in [-0.39, 0.29) is 0 Å². The molecular formula is C19H32N2O2. The number of rotatable bonds is 5. The molecule has 4 heteroatoms. The van der Waals surface area contributed by atoms with Gasteiger partial charge in [0.2, 0.25) is 0 Å². The average molecular weight is 320 g/mol. The lowest BCUT2D eigenvalue weighted by atomic mass is 9.96. The van der Waals surface area contributed by atoms with Gasteiger partial charge in [-0.1, -0.05) is 0 Å². The van der Waals surface area contributed by atoms with E-state index in [4.69, 9.17) is 9.47 Å². The van der Waals surface area contributed by atoms with Crippen LogP contribution in [0, 0.1) is 26.7 Å². The normalized spacial score (nSPS) is 19.9. The van der Waals surface area contributed by atoms with Crippen molar-refractivity contribution in [3.63, 3.8) is 0 Å². The van der Waals surface area contributed by atoms with Gasteiger partial charge in [0, 0.05) is 32.1 Å². The molecule has 1 aliphatic heterocycles. The van der Waals surface area contributed by atoms with E-state index in [9.17, 15) is 0 Å². The summed E-state index contributed by atoms with van der Waals surface area (Å²) in [7, 11) is 6.02. The maximum Gasteiger partial charge on any atom is 0.122 e. The summed E-state index contributed by atoms with van der Waals surface area (Å²) in [5, 5.41) is 0. The maximum absolute atomic E-state index is 5.81. The van der Waals surface area contributed by atoms with Crippen molar-refractivity contribution in [2.75, 3.05) is 54.1 Å². The SMILES string of the molecule is COc1cc(C)c(CN2CCOC[C@@H](CN(C)C)C2)c(C)c1C. The summed E-state index contributed by atoms with van der Waals surface area (Å²) >= 11 is 0. The van der Waals surface area contributed by atoms with Gasteiger partial charge >= 0.3 is 0 Å². The van der Waals surface area contributed by atoms with E-state index in [2.05, 4.69) is 50.7 Å². The van der Waals surface area contributed by atoms with Crippen LogP contribution >= 0.6 is 0 Å². The fourth-order valence-corrected chi connectivity index (χ4v) is 3.50. The Hall–Kier alpha value is -1.10. The lowest BCUT2D eigenvalue weighted by molar-refractivity contribution is 0.112. The molecule has 0 N–H and O–H groups in total. The van der Waals surface area contributed by atoms with Crippen LogP contribution in [0.2, 0.25) is 0 Å². The zero-order chi connectivity index (χ0) is 17.0. The molecule has 0 radical (unpaired) electrons. The average Bonchev–Trinajstić information content (AvgIpc) is 2.71. The van der Waals surface area contributed by atoms with Crippen LogP contribution < -0.4 is 4.74 Å². The van der Waals surface area contributed by atoms with Gasteiger partial charge in [0.15, 0.2) is 0 Å². The number of hydrogen-bond donors (Lipinski definition) is 0. The van der Waals surface area contributed by atoms with Crippen molar-refractivity contribution in [1.82, 2.24) is 9.80 Å². The highest BCUT2D eigenvalue weighted by molar-refractivity contribution is 5.48. The first kappa shape index (κ1) is 18.2. The van der Waals surface area contributed by atoms with E-state index >= 15 is 0 Å². The lowest BCUT2D eigenvalue weighted by Gasteiger charge is -2.27. The summed E-state index contributed by atoms with van der Waals surface area (Å²) in [4.78, 5) is 4.80. The molecule has 1 aromatic carbocycles.